The van der Waals surface area contributed by atoms with Gasteiger partial charge in [0.1, 0.15) is 0 Å². The number of rotatable bonds is 5. The minimum Gasteiger partial charge on any atom is -0.504 e. The number of hydrogen-bond acceptors (Lipinski definition) is 3. The van der Waals surface area contributed by atoms with Crippen LogP contribution in [-0.2, 0) is 11.3 Å². The van der Waals surface area contributed by atoms with Crippen LogP contribution in [-0.4, -0.2) is 24.3 Å². The Morgan fingerprint density at radius 3 is 2.46 bits per heavy atom. The van der Waals surface area contributed by atoms with E-state index in [0.717, 1.165) is 0 Å². The molecule has 0 spiro atoms. The first kappa shape index (κ1) is 19.7. The number of nitrogens with one attached hydrogen (secondary N) is 1. The predicted molar refractivity (Wildman–Crippen MR) is 92.0 cm³/mol. The second-order valence-electron chi connectivity index (χ2n) is 5.29. The first-order chi connectivity index (χ1) is 12.2. The normalized spacial score (nSPS) is 12.0. The van der Waals surface area contributed by atoms with Crippen LogP contribution in [0.2, 0.25) is 5.02 Å². The van der Waals surface area contributed by atoms with Crippen LogP contribution in [0.3, 0.4) is 0 Å². The summed E-state index contributed by atoms with van der Waals surface area (Å²) >= 11 is 5.68. The summed E-state index contributed by atoms with van der Waals surface area (Å²) in [7, 11) is 1.36. The molecule has 0 fully saturated rings. The van der Waals surface area contributed by atoms with Crippen LogP contribution in [0, 0.1) is 0 Å². The van der Waals surface area contributed by atoms with Crippen molar-refractivity contribution in [1.82, 2.24) is 5.32 Å². The number of carbonyl (C=O) groups excluding carboxylic acids is 1. The van der Waals surface area contributed by atoms with Gasteiger partial charge in [0.05, 0.1) is 12.7 Å². The lowest BCUT2D eigenvalue weighted by atomic mass is 10.0. The van der Waals surface area contributed by atoms with Gasteiger partial charge in [-0.15, -0.1) is 0 Å². The Balaban J connectivity index is 2.16. The molecule has 0 radical (unpaired) electrons. The molecule has 2 N–H and O–H groups in total. The molecule has 0 aliphatic rings. The number of alkyl halides is 3. The summed E-state index contributed by atoms with van der Waals surface area (Å²) in [5, 5.41) is 12.2. The number of methoxy groups -OCH3 is 1. The molecule has 8 heteroatoms. The van der Waals surface area contributed by atoms with Crippen molar-refractivity contribution in [3.63, 3.8) is 0 Å². The maximum Gasteiger partial charge on any atom is 0.417 e. The van der Waals surface area contributed by atoms with E-state index in [1.807, 2.05) is 0 Å². The summed E-state index contributed by atoms with van der Waals surface area (Å²) in [4.78, 5) is 11.9. The van der Waals surface area contributed by atoms with Crippen molar-refractivity contribution in [3.05, 3.63) is 64.7 Å². The van der Waals surface area contributed by atoms with Crippen molar-refractivity contribution in [1.29, 1.82) is 0 Å². The topological polar surface area (TPSA) is 58.6 Å². The molecule has 1 amide bonds. The monoisotopic (exact) mass is 385 g/mol. The average molecular weight is 386 g/mol. The summed E-state index contributed by atoms with van der Waals surface area (Å²) in [6.07, 6.45) is -4.20. The fraction of sp³-hybridized carbons (Fsp3) is 0.167. The third-order valence-electron chi connectivity index (χ3n) is 3.45. The molecule has 2 rings (SSSR count). The highest BCUT2D eigenvalue weighted by molar-refractivity contribution is 6.30. The van der Waals surface area contributed by atoms with Crippen LogP contribution in [0.1, 0.15) is 11.1 Å². The Morgan fingerprint density at radius 1 is 1.23 bits per heavy atom. The number of allylic oxidation sites excluding steroid dienone is 1. The zero-order valence-electron chi connectivity index (χ0n) is 13.6. The molecule has 0 bridgehead atoms. The van der Waals surface area contributed by atoms with Gasteiger partial charge in [0.15, 0.2) is 11.5 Å². The summed E-state index contributed by atoms with van der Waals surface area (Å²) in [6.45, 7) is -0.0300. The quantitative estimate of drug-likeness (QED) is 0.754. The van der Waals surface area contributed by atoms with Gasteiger partial charge < -0.3 is 15.2 Å². The zero-order valence-corrected chi connectivity index (χ0v) is 14.4. The molecule has 0 saturated carbocycles. The lowest BCUT2D eigenvalue weighted by molar-refractivity contribution is -0.117. The molecular formula is C18H15ClF3NO3. The Kier molecular flexibility index (Phi) is 6.15. The molecule has 138 valence electrons. The highest BCUT2D eigenvalue weighted by Gasteiger charge is 2.35. The van der Waals surface area contributed by atoms with Crippen LogP contribution in [0.5, 0.6) is 11.5 Å². The Hall–Kier alpha value is -2.67. The predicted octanol–water partition coefficient (Wildman–Crippen LogP) is 4.32. The van der Waals surface area contributed by atoms with Gasteiger partial charge in [0.25, 0.3) is 0 Å². The molecule has 4 nitrogen and oxygen atoms in total. The molecule has 2 aromatic carbocycles. The van der Waals surface area contributed by atoms with E-state index in [1.54, 1.807) is 0 Å². The van der Waals surface area contributed by atoms with Gasteiger partial charge in [-0.2, -0.15) is 13.2 Å². The number of ether oxygens (including phenoxy) is 1. The molecule has 0 aliphatic heterocycles. The van der Waals surface area contributed by atoms with Gasteiger partial charge in [-0.1, -0.05) is 29.8 Å². The van der Waals surface area contributed by atoms with Gasteiger partial charge in [0, 0.05) is 17.6 Å². The average Bonchev–Trinajstić information content (AvgIpc) is 2.59. The van der Waals surface area contributed by atoms with E-state index in [2.05, 4.69) is 5.32 Å². The van der Waals surface area contributed by atoms with Crippen LogP contribution < -0.4 is 10.1 Å². The molecule has 0 aliphatic carbocycles. The second-order valence-corrected chi connectivity index (χ2v) is 5.72. The van der Waals surface area contributed by atoms with E-state index in [9.17, 15) is 23.1 Å². The minimum atomic E-state index is -4.70. The van der Waals surface area contributed by atoms with Crippen molar-refractivity contribution in [3.8, 4) is 11.5 Å². The third-order valence-corrected chi connectivity index (χ3v) is 3.70. The Labute approximate surface area is 152 Å². The third kappa shape index (κ3) is 5.16. The molecule has 0 atom stereocenters. The lowest BCUT2D eigenvalue weighted by Crippen LogP contribution is -2.23. The molecule has 0 saturated heterocycles. The van der Waals surface area contributed by atoms with E-state index in [0.29, 0.717) is 16.7 Å². The molecular weight excluding hydrogens is 371 g/mol. The number of phenolic OH excluding ortho intramolecular Hbond substituents is 1. The number of phenols is 1. The van der Waals surface area contributed by atoms with Crippen molar-refractivity contribution in [2.75, 3.05) is 7.11 Å². The molecule has 0 unspecified atom stereocenters. The van der Waals surface area contributed by atoms with Crippen LogP contribution in [0.15, 0.2) is 48.5 Å². The maximum atomic E-state index is 13.2. The van der Waals surface area contributed by atoms with Crippen LogP contribution in [0.4, 0.5) is 13.2 Å². The molecule has 2 aromatic rings. The van der Waals surface area contributed by atoms with Gasteiger partial charge in [-0.3, -0.25) is 4.79 Å². The maximum absolute atomic E-state index is 13.2. The van der Waals surface area contributed by atoms with Gasteiger partial charge in [-0.05, 0) is 35.4 Å². The van der Waals surface area contributed by atoms with Gasteiger partial charge >= 0.3 is 6.18 Å². The largest absolute Gasteiger partial charge is 0.504 e. The van der Waals surface area contributed by atoms with Crippen molar-refractivity contribution >= 4 is 23.1 Å². The summed E-state index contributed by atoms with van der Waals surface area (Å²) in [5.41, 5.74) is -0.681. The van der Waals surface area contributed by atoms with Gasteiger partial charge in [-0.25, -0.2) is 0 Å². The molecule has 26 heavy (non-hydrogen) atoms. The fourth-order valence-electron chi connectivity index (χ4n) is 2.16. The smallest absolute Gasteiger partial charge is 0.417 e. The summed E-state index contributed by atoms with van der Waals surface area (Å²) in [5.74, 6) is -0.784. The minimum absolute atomic E-state index is 0.0300. The summed E-state index contributed by atoms with van der Waals surface area (Å²) in [6, 6.07) is 9.38. The van der Waals surface area contributed by atoms with Crippen molar-refractivity contribution < 1.29 is 27.8 Å². The number of benzene rings is 2. The van der Waals surface area contributed by atoms with E-state index in [1.165, 1.54) is 49.6 Å². The highest BCUT2D eigenvalue weighted by Crippen LogP contribution is 2.34. The standard InChI is InChI=1S/C18H15ClF3NO3/c1-26-16-8-11(2-7-15(16)24)10-23-17(25)9-14(18(20,21)22)12-3-5-13(19)6-4-12/h2-9,24H,10H2,1H3,(H,23,25). The van der Waals surface area contributed by atoms with Crippen molar-refractivity contribution in [2.45, 2.75) is 12.7 Å². The molecule has 0 heterocycles. The Bertz CT molecular complexity index is 817. The highest BCUT2D eigenvalue weighted by atomic mass is 35.5. The van der Waals surface area contributed by atoms with E-state index < -0.39 is 17.7 Å². The van der Waals surface area contributed by atoms with Crippen molar-refractivity contribution in [2.24, 2.45) is 0 Å². The fourth-order valence-corrected chi connectivity index (χ4v) is 2.29. The number of hydrogen-bond donors (Lipinski definition) is 2. The van der Waals surface area contributed by atoms with Crippen LogP contribution in [0.25, 0.3) is 5.57 Å². The second kappa shape index (κ2) is 8.14. The van der Waals surface area contributed by atoms with Gasteiger partial charge in [0.2, 0.25) is 5.91 Å². The zero-order chi connectivity index (χ0) is 19.3. The number of amides is 1. The number of halogens is 4. The van der Waals surface area contributed by atoms with E-state index >= 15 is 0 Å². The lowest BCUT2D eigenvalue weighted by Gasteiger charge is -2.12. The van der Waals surface area contributed by atoms with Crippen LogP contribution >= 0.6 is 11.6 Å². The molecule has 0 aromatic heterocycles. The number of aromatic hydroxyl groups is 1. The first-order valence-electron chi connectivity index (χ1n) is 7.39. The first-order valence-corrected chi connectivity index (χ1v) is 7.77. The summed E-state index contributed by atoms with van der Waals surface area (Å²) < 4.78 is 44.7. The SMILES string of the molecule is COc1cc(CNC(=O)C=C(c2ccc(Cl)cc2)C(F)(F)F)ccc1O. The Morgan fingerprint density at radius 2 is 1.88 bits per heavy atom. The van der Waals surface area contributed by atoms with E-state index in [-0.39, 0.29) is 23.6 Å². The van der Waals surface area contributed by atoms with E-state index in [4.69, 9.17) is 16.3 Å². The number of carbonyl (C=O) groups is 1.